The Labute approximate surface area is 156 Å². The van der Waals surface area contributed by atoms with Gasteiger partial charge in [-0.25, -0.2) is 0 Å². The maximum atomic E-state index is 12.4. The first kappa shape index (κ1) is 18.8. The van der Waals surface area contributed by atoms with Crippen LogP contribution in [-0.4, -0.2) is 73.6 Å². The standard InChI is InChI=1S/C16H28N4O2.HI/c1-16(2)11-13(16)18-15(17-3)20-8-6-19(7-9-20)14(21)12-5-4-10-22-12;/h12-13H,4-11H2,1-3H3,(H,17,18);1H. The normalized spacial score (nSPS) is 30.0. The fraction of sp³-hybridized carbons (Fsp3) is 0.875. The van der Waals surface area contributed by atoms with E-state index in [0.717, 1.165) is 51.6 Å². The monoisotopic (exact) mass is 436 g/mol. The van der Waals surface area contributed by atoms with Crippen LogP contribution in [0, 0.1) is 5.41 Å². The summed E-state index contributed by atoms with van der Waals surface area (Å²) in [5.41, 5.74) is 0.382. The molecule has 7 heteroatoms. The zero-order valence-corrected chi connectivity index (χ0v) is 16.7. The third-order valence-electron chi connectivity index (χ3n) is 5.12. The van der Waals surface area contributed by atoms with Gasteiger partial charge in [0.1, 0.15) is 6.10 Å². The van der Waals surface area contributed by atoms with Crippen molar-refractivity contribution in [2.24, 2.45) is 10.4 Å². The maximum absolute atomic E-state index is 12.4. The molecule has 1 aliphatic carbocycles. The minimum atomic E-state index is -0.198. The van der Waals surface area contributed by atoms with Gasteiger partial charge in [0.15, 0.2) is 5.96 Å². The number of carbonyl (C=O) groups excluding carboxylic acids is 1. The molecule has 1 saturated carbocycles. The Morgan fingerprint density at radius 3 is 2.30 bits per heavy atom. The van der Waals surface area contributed by atoms with E-state index >= 15 is 0 Å². The molecule has 0 aromatic rings. The van der Waals surface area contributed by atoms with Gasteiger partial charge >= 0.3 is 0 Å². The van der Waals surface area contributed by atoms with Crippen molar-refractivity contribution in [2.45, 2.75) is 45.3 Å². The molecular weight excluding hydrogens is 407 g/mol. The summed E-state index contributed by atoms with van der Waals surface area (Å²) in [6.45, 7) is 8.47. The van der Waals surface area contributed by atoms with Crippen LogP contribution in [0.25, 0.3) is 0 Å². The molecule has 1 N–H and O–H groups in total. The molecule has 3 aliphatic rings. The van der Waals surface area contributed by atoms with Gasteiger partial charge < -0.3 is 19.9 Å². The summed E-state index contributed by atoms with van der Waals surface area (Å²) in [6.07, 6.45) is 2.88. The topological polar surface area (TPSA) is 57.2 Å². The van der Waals surface area contributed by atoms with E-state index in [2.05, 4.69) is 29.1 Å². The number of amides is 1. The van der Waals surface area contributed by atoms with Gasteiger partial charge in [-0.1, -0.05) is 13.8 Å². The van der Waals surface area contributed by atoms with E-state index < -0.39 is 0 Å². The SMILES string of the molecule is CN=C(NC1CC1(C)C)N1CCN(C(=O)C2CCCO2)CC1.I. The van der Waals surface area contributed by atoms with Crippen LogP contribution in [-0.2, 0) is 9.53 Å². The Kier molecular flexibility index (Phi) is 6.16. The smallest absolute Gasteiger partial charge is 0.251 e. The van der Waals surface area contributed by atoms with Gasteiger partial charge in [0.25, 0.3) is 5.91 Å². The summed E-state index contributed by atoms with van der Waals surface area (Å²) in [6, 6.07) is 0.526. The van der Waals surface area contributed by atoms with Gasteiger partial charge in [0.05, 0.1) is 0 Å². The summed E-state index contributed by atoms with van der Waals surface area (Å²) < 4.78 is 5.51. The first-order chi connectivity index (χ1) is 10.5. The van der Waals surface area contributed by atoms with Gasteiger partial charge in [-0.15, -0.1) is 24.0 Å². The predicted molar refractivity (Wildman–Crippen MR) is 101 cm³/mol. The van der Waals surface area contributed by atoms with Crippen molar-refractivity contribution in [2.75, 3.05) is 39.8 Å². The number of nitrogens with one attached hydrogen (secondary N) is 1. The molecule has 0 radical (unpaired) electrons. The minimum absolute atomic E-state index is 0. The molecular formula is C16H29IN4O2. The Morgan fingerprint density at radius 1 is 1.22 bits per heavy atom. The lowest BCUT2D eigenvalue weighted by Crippen LogP contribution is -2.55. The van der Waals surface area contributed by atoms with Crippen molar-refractivity contribution in [1.29, 1.82) is 0 Å². The first-order valence-corrected chi connectivity index (χ1v) is 8.40. The highest BCUT2D eigenvalue weighted by Gasteiger charge is 2.46. The number of rotatable bonds is 2. The molecule has 0 bridgehead atoms. The van der Waals surface area contributed by atoms with Gasteiger partial charge in [0.2, 0.25) is 0 Å². The van der Waals surface area contributed by atoms with E-state index in [0.29, 0.717) is 11.5 Å². The molecule has 3 fully saturated rings. The first-order valence-electron chi connectivity index (χ1n) is 8.40. The lowest BCUT2D eigenvalue weighted by Gasteiger charge is -2.37. The molecule has 0 aromatic heterocycles. The second-order valence-electron chi connectivity index (χ2n) is 7.25. The molecule has 1 amide bonds. The van der Waals surface area contributed by atoms with Gasteiger partial charge in [-0.3, -0.25) is 9.79 Å². The van der Waals surface area contributed by atoms with Crippen LogP contribution in [0.15, 0.2) is 4.99 Å². The van der Waals surface area contributed by atoms with Crippen LogP contribution in [0.1, 0.15) is 33.1 Å². The van der Waals surface area contributed by atoms with Crippen LogP contribution < -0.4 is 5.32 Å². The molecule has 2 unspecified atom stereocenters. The number of hydrogen-bond acceptors (Lipinski definition) is 3. The van der Waals surface area contributed by atoms with Crippen LogP contribution in [0.2, 0.25) is 0 Å². The van der Waals surface area contributed by atoms with Gasteiger partial charge in [-0.2, -0.15) is 0 Å². The second-order valence-corrected chi connectivity index (χ2v) is 7.25. The molecule has 0 spiro atoms. The number of piperazine rings is 1. The van der Waals surface area contributed by atoms with Crippen LogP contribution in [0.4, 0.5) is 0 Å². The third kappa shape index (κ3) is 4.29. The van der Waals surface area contributed by atoms with Crippen molar-refractivity contribution in [3.63, 3.8) is 0 Å². The van der Waals surface area contributed by atoms with Crippen molar-refractivity contribution < 1.29 is 9.53 Å². The average molecular weight is 436 g/mol. The predicted octanol–water partition coefficient (Wildman–Crippen LogP) is 1.30. The molecule has 2 saturated heterocycles. The summed E-state index contributed by atoms with van der Waals surface area (Å²) in [4.78, 5) is 21.0. The molecule has 2 atom stereocenters. The van der Waals surface area contributed by atoms with E-state index in [9.17, 15) is 4.79 Å². The van der Waals surface area contributed by atoms with E-state index in [-0.39, 0.29) is 36.0 Å². The molecule has 2 heterocycles. The summed E-state index contributed by atoms with van der Waals surface area (Å²) in [7, 11) is 1.83. The van der Waals surface area contributed by atoms with Gasteiger partial charge in [0, 0.05) is 45.9 Å². The molecule has 0 aromatic carbocycles. The van der Waals surface area contributed by atoms with Crippen LogP contribution in [0.3, 0.4) is 0 Å². The number of hydrogen-bond donors (Lipinski definition) is 1. The van der Waals surface area contributed by atoms with Crippen molar-refractivity contribution in [3.05, 3.63) is 0 Å². The summed E-state index contributed by atoms with van der Waals surface area (Å²) in [5.74, 6) is 1.14. The van der Waals surface area contributed by atoms with Crippen LogP contribution in [0.5, 0.6) is 0 Å². The highest BCUT2D eigenvalue weighted by atomic mass is 127. The van der Waals surface area contributed by atoms with Crippen molar-refractivity contribution in [3.8, 4) is 0 Å². The number of ether oxygens (including phenoxy) is 1. The number of carbonyl (C=O) groups is 1. The van der Waals surface area contributed by atoms with Crippen molar-refractivity contribution >= 4 is 35.8 Å². The van der Waals surface area contributed by atoms with E-state index in [1.165, 1.54) is 6.42 Å². The summed E-state index contributed by atoms with van der Waals surface area (Å²) in [5, 5.41) is 3.55. The fourth-order valence-corrected chi connectivity index (χ4v) is 3.28. The quantitative estimate of drug-likeness (QED) is 0.403. The Morgan fingerprint density at radius 2 is 1.83 bits per heavy atom. The number of halogens is 1. The fourth-order valence-electron chi connectivity index (χ4n) is 3.28. The molecule has 6 nitrogen and oxygen atoms in total. The molecule has 3 rings (SSSR count). The Hall–Kier alpha value is -0.570. The minimum Gasteiger partial charge on any atom is -0.368 e. The highest BCUT2D eigenvalue weighted by molar-refractivity contribution is 14.0. The Balaban J connectivity index is 0.00000192. The number of nitrogens with zero attached hydrogens (tertiary/aromatic N) is 3. The zero-order chi connectivity index (χ0) is 15.7. The Bertz CT molecular complexity index is 455. The summed E-state index contributed by atoms with van der Waals surface area (Å²) >= 11 is 0. The molecule has 132 valence electrons. The third-order valence-corrected chi connectivity index (χ3v) is 5.12. The van der Waals surface area contributed by atoms with E-state index in [4.69, 9.17) is 4.74 Å². The second kappa shape index (κ2) is 7.55. The van der Waals surface area contributed by atoms with Crippen molar-refractivity contribution in [1.82, 2.24) is 15.1 Å². The lowest BCUT2D eigenvalue weighted by atomic mass is 10.2. The lowest BCUT2D eigenvalue weighted by molar-refractivity contribution is -0.142. The zero-order valence-electron chi connectivity index (χ0n) is 14.4. The maximum Gasteiger partial charge on any atom is 0.251 e. The average Bonchev–Trinajstić information content (AvgIpc) is 2.94. The molecule has 23 heavy (non-hydrogen) atoms. The van der Waals surface area contributed by atoms with Gasteiger partial charge in [-0.05, 0) is 24.7 Å². The highest BCUT2D eigenvalue weighted by Crippen LogP contribution is 2.44. The molecule has 2 aliphatic heterocycles. The number of aliphatic imine (C=N–C) groups is 1. The van der Waals surface area contributed by atoms with E-state index in [1.807, 2.05) is 11.9 Å². The largest absolute Gasteiger partial charge is 0.368 e. The van der Waals surface area contributed by atoms with Crippen LogP contribution >= 0.6 is 24.0 Å². The number of guanidine groups is 1. The van der Waals surface area contributed by atoms with E-state index in [1.54, 1.807) is 0 Å².